The van der Waals surface area contributed by atoms with Gasteiger partial charge in [-0.05, 0) is 31.5 Å². The van der Waals surface area contributed by atoms with Gasteiger partial charge in [-0.15, -0.1) is 0 Å². The predicted octanol–water partition coefficient (Wildman–Crippen LogP) is 2.01. The van der Waals surface area contributed by atoms with E-state index in [1.54, 1.807) is 15.6 Å². The molecule has 1 N–H and O–H groups in total. The van der Waals surface area contributed by atoms with Gasteiger partial charge in [0.25, 0.3) is 0 Å². The van der Waals surface area contributed by atoms with Crippen molar-refractivity contribution in [3.05, 3.63) is 51.6 Å². The van der Waals surface area contributed by atoms with Gasteiger partial charge in [-0.3, -0.25) is 14.3 Å². The molecule has 156 valence electrons. The summed E-state index contributed by atoms with van der Waals surface area (Å²) < 4.78 is 20.0. The van der Waals surface area contributed by atoms with Crippen molar-refractivity contribution in [2.75, 3.05) is 26.3 Å². The molecule has 0 bridgehead atoms. The smallest absolute Gasteiger partial charge is 0.244 e. The number of aromatic nitrogens is 2. The molecule has 1 aliphatic rings. The van der Waals surface area contributed by atoms with Crippen molar-refractivity contribution in [1.29, 1.82) is 0 Å². The summed E-state index contributed by atoms with van der Waals surface area (Å²) in [4.78, 5) is 26.6. The first kappa shape index (κ1) is 21.3. The third kappa shape index (κ3) is 5.33. The first-order valence-corrected chi connectivity index (χ1v) is 9.82. The zero-order valence-electron chi connectivity index (χ0n) is 16.5. The number of ether oxygens (including phenoxy) is 1. The summed E-state index contributed by atoms with van der Waals surface area (Å²) >= 11 is 5.99. The summed E-state index contributed by atoms with van der Waals surface area (Å²) in [7, 11) is 0. The highest BCUT2D eigenvalue weighted by atomic mass is 35.5. The second-order valence-electron chi connectivity index (χ2n) is 6.99. The molecule has 3 rings (SSSR count). The third-order valence-corrected chi connectivity index (χ3v) is 5.36. The molecule has 0 unspecified atom stereocenters. The van der Waals surface area contributed by atoms with Crippen LogP contribution in [0.2, 0.25) is 5.02 Å². The van der Waals surface area contributed by atoms with Crippen molar-refractivity contribution in [3.63, 3.8) is 0 Å². The van der Waals surface area contributed by atoms with Crippen LogP contribution in [0, 0.1) is 19.7 Å². The minimum Gasteiger partial charge on any atom is -0.378 e. The third-order valence-electron chi connectivity index (χ3n) is 5.01. The van der Waals surface area contributed by atoms with Gasteiger partial charge in [0.1, 0.15) is 12.4 Å². The molecule has 7 nitrogen and oxygen atoms in total. The number of halogens is 2. The van der Waals surface area contributed by atoms with Crippen LogP contribution < -0.4 is 5.32 Å². The summed E-state index contributed by atoms with van der Waals surface area (Å²) in [6.45, 7) is 6.28. The van der Waals surface area contributed by atoms with Crippen LogP contribution in [0.1, 0.15) is 22.5 Å². The van der Waals surface area contributed by atoms with E-state index in [1.165, 1.54) is 12.1 Å². The summed E-state index contributed by atoms with van der Waals surface area (Å²) in [5.41, 5.74) is 2.94. The number of hydrogen-bond acceptors (Lipinski definition) is 4. The van der Waals surface area contributed by atoms with E-state index in [-0.39, 0.29) is 36.3 Å². The minimum absolute atomic E-state index is 0.0131. The highest BCUT2D eigenvalue weighted by Gasteiger charge is 2.21. The van der Waals surface area contributed by atoms with Gasteiger partial charge in [0.15, 0.2) is 0 Å². The zero-order chi connectivity index (χ0) is 21.0. The largest absolute Gasteiger partial charge is 0.378 e. The Morgan fingerprint density at radius 1 is 1.28 bits per heavy atom. The molecular weight excluding hydrogens is 399 g/mol. The van der Waals surface area contributed by atoms with Crippen molar-refractivity contribution in [2.45, 2.75) is 33.4 Å². The highest BCUT2D eigenvalue weighted by Crippen LogP contribution is 2.18. The van der Waals surface area contributed by atoms with Gasteiger partial charge < -0.3 is 15.0 Å². The highest BCUT2D eigenvalue weighted by molar-refractivity contribution is 6.31. The Hall–Kier alpha value is -2.45. The van der Waals surface area contributed by atoms with E-state index in [1.807, 2.05) is 13.8 Å². The molecule has 9 heteroatoms. The van der Waals surface area contributed by atoms with Gasteiger partial charge in [0.2, 0.25) is 11.8 Å². The molecule has 1 aromatic carbocycles. The van der Waals surface area contributed by atoms with E-state index in [9.17, 15) is 14.0 Å². The molecule has 0 radical (unpaired) electrons. The molecule has 0 aliphatic carbocycles. The summed E-state index contributed by atoms with van der Waals surface area (Å²) in [6.07, 6.45) is 0.141. The molecule has 0 saturated carbocycles. The molecule has 29 heavy (non-hydrogen) atoms. The molecular formula is C20H24ClFN4O3. The van der Waals surface area contributed by atoms with Crippen molar-refractivity contribution >= 4 is 23.4 Å². The summed E-state index contributed by atoms with van der Waals surface area (Å²) in [5.74, 6) is -0.633. The number of carbonyl (C=O) groups is 2. The van der Waals surface area contributed by atoms with Crippen LogP contribution in [0.25, 0.3) is 0 Å². The second kappa shape index (κ2) is 9.37. The van der Waals surface area contributed by atoms with Crippen molar-refractivity contribution in [1.82, 2.24) is 20.0 Å². The fourth-order valence-electron chi connectivity index (χ4n) is 3.27. The van der Waals surface area contributed by atoms with E-state index in [2.05, 4.69) is 10.4 Å². The Morgan fingerprint density at radius 3 is 2.69 bits per heavy atom. The molecule has 2 heterocycles. The normalized spacial score (nSPS) is 14.1. The minimum atomic E-state index is -0.421. The molecule has 0 spiro atoms. The maximum atomic E-state index is 13.1. The van der Waals surface area contributed by atoms with Crippen LogP contribution in [0.15, 0.2) is 18.2 Å². The fourth-order valence-corrected chi connectivity index (χ4v) is 3.50. The Balaban J connectivity index is 1.60. The molecule has 1 fully saturated rings. The number of rotatable bonds is 6. The number of amides is 2. The van der Waals surface area contributed by atoms with Gasteiger partial charge in [-0.2, -0.15) is 5.10 Å². The standard InChI is InChI=1S/C20H24ClFN4O3/c1-13-17(10-19(27)23-11-15-3-4-16(22)9-18(15)21)14(2)26(24-13)12-20(28)25-5-7-29-8-6-25/h3-4,9H,5-8,10-12H2,1-2H3,(H,23,27). The Kier molecular flexibility index (Phi) is 6.87. The lowest BCUT2D eigenvalue weighted by atomic mass is 10.1. The first-order valence-electron chi connectivity index (χ1n) is 9.44. The van der Waals surface area contributed by atoms with E-state index >= 15 is 0 Å². The number of benzene rings is 1. The van der Waals surface area contributed by atoms with Crippen LogP contribution in [0.3, 0.4) is 0 Å². The zero-order valence-corrected chi connectivity index (χ0v) is 17.3. The van der Waals surface area contributed by atoms with Crippen LogP contribution in [-0.2, 0) is 33.8 Å². The first-order chi connectivity index (χ1) is 13.8. The van der Waals surface area contributed by atoms with Crippen molar-refractivity contribution in [3.8, 4) is 0 Å². The van der Waals surface area contributed by atoms with Crippen LogP contribution in [0.5, 0.6) is 0 Å². The fraction of sp³-hybridized carbons (Fsp3) is 0.450. The average molecular weight is 423 g/mol. The van der Waals surface area contributed by atoms with Gasteiger partial charge in [-0.1, -0.05) is 17.7 Å². The average Bonchev–Trinajstić information content (AvgIpc) is 2.95. The molecule has 1 aromatic heterocycles. The van der Waals surface area contributed by atoms with Gasteiger partial charge >= 0.3 is 0 Å². The van der Waals surface area contributed by atoms with Crippen molar-refractivity contribution < 1.29 is 18.7 Å². The van der Waals surface area contributed by atoms with Gasteiger partial charge in [-0.25, -0.2) is 4.39 Å². The van der Waals surface area contributed by atoms with E-state index < -0.39 is 5.82 Å². The monoisotopic (exact) mass is 422 g/mol. The lowest BCUT2D eigenvalue weighted by Gasteiger charge is -2.26. The van der Waals surface area contributed by atoms with Crippen LogP contribution >= 0.6 is 11.6 Å². The molecule has 1 saturated heterocycles. The Morgan fingerprint density at radius 2 is 2.00 bits per heavy atom. The number of hydrogen-bond donors (Lipinski definition) is 1. The number of nitrogens with one attached hydrogen (secondary N) is 1. The lowest BCUT2D eigenvalue weighted by molar-refractivity contribution is -0.136. The van der Waals surface area contributed by atoms with E-state index in [0.717, 1.165) is 11.3 Å². The maximum absolute atomic E-state index is 13.1. The predicted molar refractivity (Wildman–Crippen MR) is 106 cm³/mol. The topological polar surface area (TPSA) is 76.5 Å². The number of carbonyl (C=O) groups excluding carboxylic acids is 2. The quantitative estimate of drug-likeness (QED) is 0.772. The van der Waals surface area contributed by atoms with E-state index in [0.29, 0.717) is 37.6 Å². The number of nitrogens with zero attached hydrogens (tertiary/aromatic N) is 3. The SMILES string of the molecule is Cc1nn(CC(=O)N2CCOCC2)c(C)c1CC(=O)NCc1ccc(F)cc1Cl. The Bertz CT molecular complexity index is 909. The molecule has 0 atom stereocenters. The van der Waals surface area contributed by atoms with Crippen LogP contribution in [0.4, 0.5) is 4.39 Å². The van der Waals surface area contributed by atoms with Gasteiger partial charge in [0, 0.05) is 35.9 Å². The Labute approximate surface area is 173 Å². The van der Waals surface area contributed by atoms with Gasteiger partial charge in [0.05, 0.1) is 25.3 Å². The number of morpholine rings is 1. The maximum Gasteiger partial charge on any atom is 0.244 e. The second-order valence-corrected chi connectivity index (χ2v) is 7.40. The van der Waals surface area contributed by atoms with Crippen LogP contribution in [-0.4, -0.2) is 52.8 Å². The molecule has 2 amide bonds. The molecule has 1 aliphatic heterocycles. The summed E-state index contributed by atoms with van der Waals surface area (Å²) in [6, 6.07) is 4.06. The lowest BCUT2D eigenvalue weighted by Crippen LogP contribution is -2.42. The summed E-state index contributed by atoms with van der Waals surface area (Å²) in [5, 5.41) is 7.50. The van der Waals surface area contributed by atoms with Crippen molar-refractivity contribution in [2.24, 2.45) is 0 Å². The molecule has 2 aromatic rings. The number of aryl methyl sites for hydroxylation is 1. The van der Waals surface area contributed by atoms with E-state index in [4.69, 9.17) is 16.3 Å².